The van der Waals surface area contributed by atoms with Gasteiger partial charge in [0.2, 0.25) is 5.95 Å². The van der Waals surface area contributed by atoms with E-state index >= 15 is 0 Å². The van der Waals surface area contributed by atoms with Crippen molar-refractivity contribution >= 4 is 28.2 Å². The van der Waals surface area contributed by atoms with E-state index in [2.05, 4.69) is 44.9 Å². The monoisotopic (exact) mass is 482 g/mol. The van der Waals surface area contributed by atoms with Gasteiger partial charge in [0.25, 0.3) is 5.69 Å². The molecule has 1 N–H and O–H groups in total. The third kappa shape index (κ3) is 4.34. The molecule has 1 aliphatic rings. The topological polar surface area (TPSA) is 98.4 Å². The quantitative estimate of drug-likeness (QED) is 0.243. The fourth-order valence-corrected chi connectivity index (χ4v) is 4.62. The lowest BCUT2D eigenvalue weighted by molar-refractivity contribution is -0.385. The highest BCUT2D eigenvalue weighted by Crippen LogP contribution is 2.38. The van der Waals surface area contributed by atoms with Crippen molar-refractivity contribution in [1.29, 1.82) is 0 Å². The van der Waals surface area contributed by atoms with Crippen LogP contribution in [0.25, 0.3) is 22.2 Å². The Morgan fingerprint density at radius 2 is 2.08 bits per heavy atom. The van der Waals surface area contributed by atoms with E-state index in [4.69, 9.17) is 9.72 Å². The summed E-state index contributed by atoms with van der Waals surface area (Å²) in [6, 6.07) is 13.2. The molecule has 1 aliphatic heterocycles. The van der Waals surface area contributed by atoms with Crippen LogP contribution in [0.1, 0.15) is 17.7 Å². The number of hydrogen-bond donors (Lipinski definition) is 1. The summed E-state index contributed by atoms with van der Waals surface area (Å²) >= 11 is 0. The van der Waals surface area contributed by atoms with E-state index in [0.717, 1.165) is 36.0 Å². The first-order valence-corrected chi connectivity index (χ1v) is 11.7. The van der Waals surface area contributed by atoms with Gasteiger partial charge in [-0.1, -0.05) is 30.0 Å². The van der Waals surface area contributed by atoms with Crippen molar-refractivity contribution in [2.45, 2.75) is 19.4 Å². The Labute approximate surface area is 208 Å². The summed E-state index contributed by atoms with van der Waals surface area (Å²) in [5, 5.41) is 16.1. The van der Waals surface area contributed by atoms with Gasteiger partial charge in [-0.3, -0.25) is 15.0 Å². The summed E-state index contributed by atoms with van der Waals surface area (Å²) in [5.41, 5.74) is 4.96. The minimum absolute atomic E-state index is 0.114. The highest BCUT2D eigenvalue weighted by molar-refractivity contribution is 5.97. The largest absolute Gasteiger partial charge is 0.495 e. The van der Waals surface area contributed by atoms with Crippen LogP contribution in [0.15, 0.2) is 48.7 Å². The molecule has 4 aromatic rings. The molecule has 9 heteroatoms. The molecule has 3 heterocycles. The third-order valence-corrected chi connectivity index (χ3v) is 6.16. The normalized spacial score (nSPS) is 12.3. The Morgan fingerprint density at radius 1 is 1.25 bits per heavy atom. The van der Waals surface area contributed by atoms with Gasteiger partial charge in [-0.05, 0) is 39.1 Å². The molecular weight excluding hydrogens is 456 g/mol. The molecule has 182 valence electrons. The number of nitro groups is 1. The Bertz CT molecular complexity index is 1530. The summed E-state index contributed by atoms with van der Waals surface area (Å²) in [5.74, 6) is 6.57. The molecule has 0 aliphatic carbocycles. The Kier molecular flexibility index (Phi) is 6.27. The Hall–Kier alpha value is -4.42. The standard InChI is InChI=1S/C27H26N6O3/c1-31(2)14-6-8-18-16-25(36-3)21(17-24(18)33(34)35)30-27-28-13-12-20(29-27)26-19-9-4-5-10-22(19)32-15-7-11-23(26)32/h4-5,9-10,12-13,16-17H,7,11,14-15H2,1-3H3,(H,28,29,30). The number of nitrogens with zero attached hydrogens (tertiary/aromatic N) is 5. The summed E-state index contributed by atoms with van der Waals surface area (Å²) in [6.45, 7) is 1.48. The molecule has 0 saturated heterocycles. The molecule has 5 rings (SSSR count). The number of anilines is 2. The summed E-state index contributed by atoms with van der Waals surface area (Å²) in [7, 11) is 5.28. The lowest BCUT2D eigenvalue weighted by Gasteiger charge is -2.12. The molecule has 0 spiro atoms. The molecule has 2 aromatic heterocycles. The lowest BCUT2D eigenvalue weighted by atomic mass is 10.1. The van der Waals surface area contributed by atoms with Crippen molar-refractivity contribution in [3.05, 3.63) is 70.0 Å². The van der Waals surface area contributed by atoms with Gasteiger partial charge in [0.1, 0.15) is 11.3 Å². The molecule has 0 saturated carbocycles. The second-order valence-corrected chi connectivity index (χ2v) is 8.85. The van der Waals surface area contributed by atoms with Crippen LogP contribution in [0.2, 0.25) is 0 Å². The van der Waals surface area contributed by atoms with Gasteiger partial charge in [0.15, 0.2) is 0 Å². The fourth-order valence-electron chi connectivity index (χ4n) is 4.62. The van der Waals surface area contributed by atoms with E-state index in [1.807, 2.05) is 31.1 Å². The molecule has 2 aromatic carbocycles. The van der Waals surface area contributed by atoms with E-state index in [1.54, 1.807) is 12.3 Å². The molecule has 9 nitrogen and oxygen atoms in total. The van der Waals surface area contributed by atoms with Gasteiger partial charge in [0, 0.05) is 47.0 Å². The average Bonchev–Trinajstić information content (AvgIpc) is 3.45. The van der Waals surface area contributed by atoms with E-state index in [-0.39, 0.29) is 11.3 Å². The van der Waals surface area contributed by atoms with Gasteiger partial charge in [0.05, 0.1) is 30.0 Å². The van der Waals surface area contributed by atoms with Crippen LogP contribution in [0, 0.1) is 22.0 Å². The maximum atomic E-state index is 11.8. The van der Waals surface area contributed by atoms with Crippen LogP contribution in [0.3, 0.4) is 0 Å². The average molecular weight is 483 g/mol. The third-order valence-electron chi connectivity index (χ3n) is 6.16. The maximum absolute atomic E-state index is 11.8. The van der Waals surface area contributed by atoms with Gasteiger partial charge in [-0.15, -0.1) is 0 Å². The first-order chi connectivity index (χ1) is 17.5. The number of rotatable bonds is 6. The Balaban J connectivity index is 1.54. The van der Waals surface area contributed by atoms with E-state index in [1.165, 1.54) is 24.4 Å². The maximum Gasteiger partial charge on any atom is 0.287 e. The van der Waals surface area contributed by atoms with Crippen molar-refractivity contribution < 1.29 is 9.66 Å². The molecule has 0 fully saturated rings. The second-order valence-electron chi connectivity index (χ2n) is 8.85. The van der Waals surface area contributed by atoms with Crippen LogP contribution >= 0.6 is 0 Å². The van der Waals surface area contributed by atoms with Gasteiger partial charge >= 0.3 is 0 Å². The first-order valence-electron chi connectivity index (χ1n) is 11.7. The molecule has 36 heavy (non-hydrogen) atoms. The van der Waals surface area contributed by atoms with E-state index < -0.39 is 4.92 Å². The smallest absolute Gasteiger partial charge is 0.287 e. The van der Waals surface area contributed by atoms with Crippen molar-refractivity contribution in [3.63, 3.8) is 0 Å². The zero-order valence-electron chi connectivity index (χ0n) is 20.4. The number of benzene rings is 2. The van der Waals surface area contributed by atoms with E-state index in [0.29, 0.717) is 23.9 Å². The minimum Gasteiger partial charge on any atom is -0.495 e. The Morgan fingerprint density at radius 3 is 2.86 bits per heavy atom. The molecule has 0 bridgehead atoms. The fraction of sp³-hybridized carbons (Fsp3) is 0.259. The number of aromatic nitrogens is 3. The number of fused-ring (bicyclic) bond motifs is 3. The zero-order chi connectivity index (χ0) is 25.2. The number of hydrogen-bond acceptors (Lipinski definition) is 7. The summed E-state index contributed by atoms with van der Waals surface area (Å²) in [6.07, 6.45) is 3.79. The number of para-hydroxylation sites is 1. The van der Waals surface area contributed by atoms with Crippen LogP contribution in [-0.2, 0) is 13.0 Å². The summed E-state index contributed by atoms with van der Waals surface area (Å²) in [4.78, 5) is 22.4. The predicted octanol–water partition coefficient (Wildman–Crippen LogP) is 4.62. The number of ether oxygens (including phenoxy) is 1. The number of nitrogens with one attached hydrogen (secondary N) is 1. The van der Waals surface area contributed by atoms with Gasteiger partial charge < -0.3 is 14.6 Å². The van der Waals surface area contributed by atoms with Gasteiger partial charge in [-0.25, -0.2) is 9.97 Å². The molecular formula is C27H26N6O3. The van der Waals surface area contributed by atoms with Crippen molar-refractivity contribution in [1.82, 2.24) is 19.4 Å². The van der Waals surface area contributed by atoms with Crippen molar-refractivity contribution in [2.75, 3.05) is 33.1 Å². The molecule has 0 amide bonds. The molecule has 0 atom stereocenters. The highest BCUT2D eigenvalue weighted by atomic mass is 16.6. The van der Waals surface area contributed by atoms with Gasteiger partial charge in [-0.2, -0.15) is 0 Å². The second kappa shape index (κ2) is 9.68. The van der Waals surface area contributed by atoms with Crippen LogP contribution < -0.4 is 10.1 Å². The van der Waals surface area contributed by atoms with Crippen molar-refractivity contribution in [2.24, 2.45) is 0 Å². The van der Waals surface area contributed by atoms with Crippen molar-refractivity contribution in [3.8, 4) is 28.8 Å². The number of methoxy groups -OCH3 is 1. The van der Waals surface area contributed by atoms with Crippen LogP contribution in [0.4, 0.5) is 17.3 Å². The summed E-state index contributed by atoms with van der Waals surface area (Å²) < 4.78 is 7.88. The molecule has 0 radical (unpaired) electrons. The van der Waals surface area contributed by atoms with E-state index in [9.17, 15) is 10.1 Å². The highest BCUT2D eigenvalue weighted by Gasteiger charge is 2.23. The zero-order valence-corrected chi connectivity index (χ0v) is 20.4. The SMILES string of the molecule is COc1cc(C#CCN(C)C)c([N+](=O)[O-])cc1Nc1nccc(-c2c3n(c4ccccc24)CCC3)n1. The number of nitro benzene ring substituents is 1. The first kappa shape index (κ1) is 23.3. The van der Waals surface area contributed by atoms with Crippen LogP contribution in [0.5, 0.6) is 5.75 Å². The number of aryl methyl sites for hydroxylation is 1. The molecule has 0 unspecified atom stereocenters. The minimum atomic E-state index is -0.446. The van der Waals surface area contributed by atoms with Crippen LogP contribution in [-0.4, -0.2) is 52.1 Å². The lowest BCUT2D eigenvalue weighted by Crippen LogP contribution is -2.10. The predicted molar refractivity (Wildman–Crippen MR) is 140 cm³/mol.